The Bertz CT molecular complexity index is 367. The highest BCUT2D eigenvalue weighted by atomic mass is 16.1. The Morgan fingerprint density at radius 1 is 1.92 bits per heavy atom. The predicted octanol–water partition coefficient (Wildman–Crippen LogP) is -2.17. The number of rotatable bonds is 2. The predicted molar refractivity (Wildman–Crippen MR) is 50.4 cm³/mol. The molecule has 4 nitrogen and oxygen atoms in total. The summed E-state index contributed by atoms with van der Waals surface area (Å²) in [7, 11) is 9.68. The fraction of sp³-hybridized carbons (Fsp3) is 0.333. The summed E-state index contributed by atoms with van der Waals surface area (Å²) in [6, 6.07) is 1.32. The van der Waals surface area contributed by atoms with Gasteiger partial charge < -0.3 is 9.38 Å². The molecule has 12 heavy (non-hydrogen) atoms. The Morgan fingerprint density at radius 3 is 3.08 bits per heavy atom. The van der Waals surface area contributed by atoms with E-state index in [-0.39, 0.29) is 11.3 Å². The van der Waals surface area contributed by atoms with Gasteiger partial charge in [0, 0.05) is 14.4 Å². The zero-order chi connectivity index (χ0) is 10.0. The SMILES string of the molecule is [3H][B]N(C)c1cc(=O)n(C)c([B])n1. The third kappa shape index (κ3) is 1.52. The average Bonchev–Trinajstić information content (AvgIpc) is 2.12. The molecule has 0 fully saturated rings. The van der Waals surface area contributed by atoms with Crippen LogP contribution in [0.1, 0.15) is 0 Å². The first kappa shape index (κ1) is 7.46. The van der Waals surface area contributed by atoms with Gasteiger partial charge in [0.1, 0.15) is 5.82 Å². The minimum atomic E-state index is -0.240. The monoisotopic (exact) mass is 162 g/mol. The molecule has 1 heterocycles. The Kier molecular flexibility index (Phi) is 1.89. The van der Waals surface area contributed by atoms with Crippen LogP contribution in [-0.4, -0.2) is 33.7 Å². The highest BCUT2D eigenvalue weighted by Gasteiger charge is 2.01. The molecular weight excluding hydrogens is 152 g/mol. The van der Waals surface area contributed by atoms with Crippen LogP contribution in [0.15, 0.2) is 10.9 Å². The van der Waals surface area contributed by atoms with Crippen LogP contribution in [0, 0.1) is 0 Å². The normalized spacial score (nSPS) is 10.7. The van der Waals surface area contributed by atoms with Crippen molar-refractivity contribution in [1.82, 2.24) is 9.55 Å². The molecule has 0 aliphatic carbocycles. The van der Waals surface area contributed by atoms with Crippen molar-refractivity contribution in [3.63, 3.8) is 0 Å². The summed E-state index contributed by atoms with van der Waals surface area (Å²) in [4.78, 5) is 16.5. The molecular formula is C6H8B2N3O. The zero-order valence-electron chi connectivity index (χ0n) is 7.98. The molecule has 0 aliphatic rings. The fourth-order valence-corrected chi connectivity index (χ4v) is 0.725. The highest BCUT2D eigenvalue weighted by molar-refractivity contribution is 6.29. The van der Waals surface area contributed by atoms with Gasteiger partial charge >= 0.3 is 0 Å². The van der Waals surface area contributed by atoms with Crippen molar-refractivity contribution >= 4 is 27.3 Å². The fourth-order valence-electron chi connectivity index (χ4n) is 0.725. The van der Waals surface area contributed by atoms with Crippen molar-refractivity contribution in [2.45, 2.75) is 0 Å². The molecule has 0 aliphatic heterocycles. The van der Waals surface area contributed by atoms with E-state index in [0.29, 0.717) is 5.82 Å². The van der Waals surface area contributed by atoms with Crippen LogP contribution in [0.25, 0.3) is 0 Å². The zero-order valence-corrected chi connectivity index (χ0v) is 6.98. The first-order valence-corrected chi connectivity index (χ1v) is 3.34. The van der Waals surface area contributed by atoms with E-state index in [9.17, 15) is 4.79 Å². The van der Waals surface area contributed by atoms with Crippen molar-refractivity contribution in [1.29, 1.82) is 1.34 Å². The minimum absolute atomic E-state index is 0.135. The molecule has 0 saturated carbocycles. The van der Waals surface area contributed by atoms with E-state index in [1.165, 1.54) is 15.4 Å². The van der Waals surface area contributed by atoms with Crippen LogP contribution in [-0.2, 0) is 7.05 Å². The van der Waals surface area contributed by atoms with Gasteiger partial charge in [-0.3, -0.25) is 4.79 Å². The number of hydrogen-bond acceptors (Lipinski definition) is 3. The molecule has 6 heteroatoms. The summed E-state index contributed by atoms with van der Waals surface area (Å²) in [5.41, 5.74) is -0.104. The largest absolute Gasteiger partial charge is 0.411 e. The van der Waals surface area contributed by atoms with Crippen LogP contribution < -0.4 is 16.1 Å². The molecule has 0 spiro atoms. The second-order valence-electron chi connectivity index (χ2n) is 2.48. The molecule has 0 saturated heterocycles. The summed E-state index contributed by atoms with van der Waals surface area (Å²) in [6.07, 6.45) is 0. The van der Waals surface area contributed by atoms with Crippen molar-refractivity contribution in [2.24, 2.45) is 7.05 Å². The molecule has 0 N–H and O–H groups in total. The average molecular weight is 162 g/mol. The van der Waals surface area contributed by atoms with E-state index in [2.05, 4.69) is 4.98 Å². The molecule has 0 unspecified atom stereocenters. The van der Waals surface area contributed by atoms with Gasteiger partial charge in [-0.2, -0.15) is 0 Å². The van der Waals surface area contributed by atoms with Crippen molar-refractivity contribution in [2.75, 3.05) is 11.9 Å². The first-order chi connectivity index (χ1) is 6.06. The van der Waals surface area contributed by atoms with Gasteiger partial charge in [-0.05, 0) is 7.05 Å². The molecule has 1 rings (SSSR count). The summed E-state index contributed by atoms with van der Waals surface area (Å²) in [5, 5.41) is 0. The van der Waals surface area contributed by atoms with E-state index in [0.717, 1.165) is 7.94 Å². The van der Waals surface area contributed by atoms with Crippen LogP contribution in [0.5, 0.6) is 0 Å². The minimum Gasteiger partial charge on any atom is -0.411 e. The number of nitrogens with zero attached hydrogens (tertiary/aromatic N) is 3. The van der Waals surface area contributed by atoms with Gasteiger partial charge in [-0.25, -0.2) is 4.98 Å². The molecule has 59 valence electrons. The van der Waals surface area contributed by atoms with Gasteiger partial charge in [0.05, 0.1) is 5.72 Å². The van der Waals surface area contributed by atoms with Gasteiger partial charge in [-0.15, -0.1) is 0 Å². The van der Waals surface area contributed by atoms with Crippen LogP contribution >= 0.6 is 0 Å². The summed E-state index contributed by atoms with van der Waals surface area (Å²) < 4.78 is 8.19. The van der Waals surface area contributed by atoms with Crippen LogP contribution in [0.4, 0.5) is 5.82 Å². The molecule has 0 atom stereocenters. The van der Waals surface area contributed by atoms with E-state index in [4.69, 9.17) is 9.18 Å². The van der Waals surface area contributed by atoms with Gasteiger partial charge in [-0.1, -0.05) is 0 Å². The molecule has 0 amide bonds. The van der Waals surface area contributed by atoms with E-state index < -0.39 is 0 Å². The summed E-state index contributed by atoms with van der Waals surface area (Å²) in [6.45, 7) is 0. The van der Waals surface area contributed by atoms with Crippen molar-refractivity contribution in [3.05, 3.63) is 16.4 Å². The second-order valence-corrected chi connectivity index (χ2v) is 2.48. The molecule has 1 aromatic rings. The summed E-state index contributed by atoms with van der Waals surface area (Å²) >= 11 is 0. The van der Waals surface area contributed by atoms with Crippen LogP contribution in [0.3, 0.4) is 0 Å². The number of aromatic nitrogens is 2. The van der Waals surface area contributed by atoms with E-state index >= 15 is 0 Å². The molecule has 0 aromatic carbocycles. The van der Waals surface area contributed by atoms with Gasteiger partial charge in [0.25, 0.3) is 5.56 Å². The smallest absolute Gasteiger partial charge is 0.254 e. The molecule has 3 radical (unpaired) electrons. The second kappa shape index (κ2) is 3.05. The highest BCUT2D eigenvalue weighted by Crippen LogP contribution is 1.97. The van der Waals surface area contributed by atoms with Gasteiger partial charge in [0.2, 0.25) is 7.94 Å². The Morgan fingerprint density at radius 2 is 2.58 bits per heavy atom. The standard InChI is InChI=1S/C6H8B2N3O/c1-10-5(12)3-4(11(2)8)9-6(10)7/h3,8H,1-2H3/i8T. The maximum Gasteiger partial charge on any atom is 0.254 e. The molecule has 1 aromatic heterocycles. The third-order valence-electron chi connectivity index (χ3n) is 1.52. The van der Waals surface area contributed by atoms with Crippen molar-refractivity contribution < 1.29 is 0 Å². The lowest BCUT2D eigenvalue weighted by molar-refractivity contribution is 0.861. The lowest BCUT2D eigenvalue weighted by atomic mass is 10.1. The van der Waals surface area contributed by atoms with Crippen LogP contribution in [0.2, 0.25) is 0 Å². The number of hydrogen-bond donors (Lipinski definition) is 0. The molecule has 0 bridgehead atoms. The first-order valence-electron chi connectivity index (χ1n) is 3.92. The lowest BCUT2D eigenvalue weighted by Gasteiger charge is -2.13. The van der Waals surface area contributed by atoms with Crippen molar-refractivity contribution in [3.8, 4) is 0 Å². The maximum absolute atomic E-state index is 11.2. The van der Waals surface area contributed by atoms with E-state index in [1.807, 2.05) is 0 Å². The third-order valence-corrected chi connectivity index (χ3v) is 1.52. The quantitative estimate of drug-likeness (QED) is 0.464. The maximum atomic E-state index is 11.2. The topological polar surface area (TPSA) is 38.1 Å². The van der Waals surface area contributed by atoms with E-state index in [1.54, 1.807) is 14.1 Å². The number of anilines is 1. The van der Waals surface area contributed by atoms with Gasteiger partial charge in [0.15, 0.2) is 7.85 Å². The Balaban J connectivity index is 3.21. The summed E-state index contributed by atoms with van der Waals surface area (Å²) in [5.74, 6) is 0.371. The Labute approximate surface area is 74.4 Å². The lowest BCUT2D eigenvalue weighted by Crippen LogP contribution is -2.34. The Hall–Kier alpha value is -1.19.